The standard InChI is InChI=1S/C19H20FNO3/c1-13(10-11-14-6-2-4-8-16(14)20)19(24)21-17-9-5-3-7-15(17)12-18(22)23/h2-9,13H,10-12H2,1H3,(H,21,24)(H,22,23). The number of amides is 1. The molecule has 0 aromatic heterocycles. The number of rotatable bonds is 7. The van der Waals surface area contributed by atoms with Crippen molar-refractivity contribution in [1.82, 2.24) is 0 Å². The van der Waals surface area contributed by atoms with E-state index in [1.54, 1.807) is 49.4 Å². The lowest BCUT2D eigenvalue weighted by Crippen LogP contribution is -2.22. The maximum atomic E-state index is 13.6. The van der Waals surface area contributed by atoms with Crippen LogP contribution in [0, 0.1) is 11.7 Å². The number of aliphatic carboxylic acids is 1. The average molecular weight is 329 g/mol. The van der Waals surface area contributed by atoms with Crippen LogP contribution in [0.15, 0.2) is 48.5 Å². The van der Waals surface area contributed by atoms with Gasteiger partial charge in [-0.15, -0.1) is 0 Å². The van der Waals surface area contributed by atoms with E-state index in [1.165, 1.54) is 6.07 Å². The fourth-order valence-corrected chi connectivity index (χ4v) is 2.42. The number of carbonyl (C=O) groups is 2. The molecule has 0 aliphatic rings. The number of carboxylic acid groups (broad SMARTS) is 1. The highest BCUT2D eigenvalue weighted by molar-refractivity contribution is 5.93. The predicted octanol–water partition coefficient (Wildman–Crippen LogP) is 3.66. The summed E-state index contributed by atoms with van der Waals surface area (Å²) in [6.45, 7) is 1.77. The predicted molar refractivity (Wildman–Crippen MR) is 90.3 cm³/mol. The molecule has 2 N–H and O–H groups in total. The third kappa shape index (κ3) is 4.91. The normalized spacial score (nSPS) is 11.8. The Labute approximate surface area is 140 Å². The zero-order valence-electron chi connectivity index (χ0n) is 13.5. The van der Waals surface area contributed by atoms with E-state index in [2.05, 4.69) is 5.32 Å². The monoisotopic (exact) mass is 329 g/mol. The van der Waals surface area contributed by atoms with Crippen molar-refractivity contribution < 1.29 is 19.1 Å². The number of aryl methyl sites for hydroxylation is 1. The van der Waals surface area contributed by atoms with Crippen LogP contribution in [0.3, 0.4) is 0 Å². The summed E-state index contributed by atoms with van der Waals surface area (Å²) in [6, 6.07) is 13.3. The van der Waals surface area contributed by atoms with E-state index in [9.17, 15) is 14.0 Å². The largest absolute Gasteiger partial charge is 0.481 e. The van der Waals surface area contributed by atoms with Gasteiger partial charge in [-0.05, 0) is 36.1 Å². The number of benzene rings is 2. The van der Waals surface area contributed by atoms with E-state index < -0.39 is 5.97 Å². The van der Waals surface area contributed by atoms with Gasteiger partial charge in [-0.1, -0.05) is 43.3 Å². The third-order valence-corrected chi connectivity index (χ3v) is 3.87. The van der Waals surface area contributed by atoms with Crippen LogP contribution in [-0.4, -0.2) is 17.0 Å². The molecule has 0 saturated carbocycles. The molecule has 0 aliphatic carbocycles. The lowest BCUT2D eigenvalue weighted by atomic mass is 9.99. The Hall–Kier alpha value is -2.69. The number of para-hydroxylation sites is 1. The van der Waals surface area contributed by atoms with Crippen LogP contribution in [0.25, 0.3) is 0 Å². The molecule has 1 amide bonds. The van der Waals surface area contributed by atoms with Crippen LogP contribution in [0.4, 0.5) is 10.1 Å². The van der Waals surface area contributed by atoms with E-state index >= 15 is 0 Å². The Morgan fingerprint density at radius 2 is 1.71 bits per heavy atom. The minimum Gasteiger partial charge on any atom is -0.481 e. The first-order chi connectivity index (χ1) is 11.5. The van der Waals surface area contributed by atoms with Gasteiger partial charge >= 0.3 is 5.97 Å². The quantitative estimate of drug-likeness (QED) is 0.814. The Balaban J connectivity index is 1.97. The Morgan fingerprint density at radius 3 is 2.38 bits per heavy atom. The number of carboxylic acids is 1. The highest BCUT2D eigenvalue weighted by Gasteiger charge is 2.16. The van der Waals surface area contributed by atoms with Gasteiger partial charge in [0, 0.05) is 11.6 Å². The van der Waals surface area contributed by atoms with Crippen molar-refractivity contribution >= 4 is 17.6 Å². The van der Waals surface area contributed by atoms with Crippen LogP contribution < -0.4 is 5.32 Å². The molecule has 24 heavy (non-hydrogen) atoms. The number of nitrogens with one attached hydrogen (secondary N) is 1. The minimum absolute atomic E-state index is 0.153. The summed E-state index contributed by atoms with van der Waals surface area (Å²) in [5.41, 5.74) is 1.64. The summed E-state index contributed by atoms with van der Waals surface area (Å²) < 4.78 is 13.6. The zero-order chi connectivity index (χ0) is 17.5. The molecule has 0 saturated heterocycles. The highest BCUT2D eigenvalue weighted by Crippen LogP contribution is 2.19. The topological polar surface area (TPSA) is 66.4 Å². The molecule has 0 bridgehead atoms. The molecule has 4 nitrogen and oxygen atoms in total. The molecule has 2 rings (SSSR count). The fraction of sp³-hybridized carbons (Fsp3) is 0.263. The summed E-state index contributed by atoms with van der Waals surface area (Å²) in [5, 5.41) is 11.7. The second-order valence-electron chi connectivity index (χ2n) is 5.75. The first-order valence-corrected chi connectivity index (χ1v) is 7.81. The van der Waals surface area contributed by atoms with E-state index in [-0.39, 0.29) is 24.1 Å². The molecular weight excluding hydrogens is 309 g/mol. The number of anilines is 1. The maximum absolute atomic E-state index is 13.6. The van der Waals surface area contributed by atoms with E-state index in [1.807, 2.05) is 0 Å². The van der Waals surface area contributed by atoms with Gasteiger partial charge in [0.25, 0.3) is 0 Å². The number of halogens is 1. The summed E-state index contributed by atoms with van der Waals surface area (Å²) in [7, 11) is 0. The minimum atomic E-state index is -0.954. The van der Waals surface area contributed by atoms with Gasteiger partial charge in [0.1, 0.15) is 5.82 Å². The van der Waals surface area contributed by atoms with E-state index in [4.69, 9.17) is 5.11 Å². The van der Waals surface area contributed by atoms with E-state index in [0.717, 1.165) is 0 Å². The molecule has 0 radical (unpaired) electrons. The SMILES string of the molecule is CC(CCc1ccccc1F)C(=O)Nc1ccccc1CC(=O)O. The number of hydrogen-bond donors (Lipinski definition) is 2. The van der Waals surface area contributed by atoms with Crippen molar-refractivity contribution in [3.63, 3.8) is 0 Å². The lowest BCUT2D eigenvalue weighted by Gasteiger charge is -2.14. The summed E-state index contributed by atoms with van der Waals surface area (Å²) >= 11 is 0. The van der Waals surface area contributed by atoms with Gasteiger partial charge in [0.2, 0.25) is 5.91 Å². The van der Waals surface area contributed by atoms with Crippen molar-refractivity contribution in [2.75, 3.05) is 5.32 Å². The first-order valence-electron chi connectivity index (χ1n) is 7.81. The Kier molecular flexibility index (Phi) is 6.07. The molecule has 2 aromatic rings. The molecule has 0 fully saturated rings. The van der Waals surface area contributed by atoms with Crippen molar-refractivity contribution in [1.29, 1.82) is 0 Å². The van der Waals surface area contributed by atoms with Crippen molar-refractivity contribution in [2.24, 2.45) is 5.92 Å². The average Bonchev–Trinajstić information content (AvgIpc) is 2.55. The number of carbonyl (C=O) groups excluding carboxylic acids is 1. The van der Waals surface area contributed by atoms with Crippen molar-refractivity contribution in [2.45, 2.75) is 26.2 Å². The van der Waals surface area contributed by atoms with Gasteiger partial charge in [0.05, 0.1) is 6.42 Å². The number of hydrogen-bond acceptors (Lipinski definition) is 2. The Morgan fingerprint density at radius 1 is 1.08 bits per heavy atom. The Bertz CT molecular complexity index is 730. The zero-order valence-corrected chi connectivity index (χ0v) is 13.5. The molecular formula is C19H20FNO3. The van der Waals surface area contributed by atoms with Gasteiger partial charge in [0.15, 0.2) is 0 Å². The lowest BCUT2D eigenvalue weighted by molar-refractivity contribution is -0.136. The maximum Gasteiger partial charge on any atom is 0.307 e. The van der Waals surface area contributed by atoms with Crippen LogP contribution in [0.1, 0.15) is 24.5 Å². The van der Waals surface area contributed by atoms with Gasteiger partial charge in [-0.2, -0.15) is 0 Å². The molecule has 126 valence electrons. The molecule has 0 aliphatic heterocycles. The van der Waals surface area contributed by atoms with E-state index in [0.29, 0.717) is 29.7 Å². The molecule has 2 aromatic carbocycles. The summed E-state index contributed by atoms with van der Waals surface area (Å²) in [6.07, 6.45) is 0.825. The molecule has 1 atom stereocenters. The molecule has 5 heteroatoms. The first kappa shape index (κ1) is 17.7. The van der Waals surface area contributed by atoms with Gasteiger partial charge in [-0.3, -0.25) is 9.59 Å². The van der Waals surface area contributed by atoms with Crippen LogP contribution in [0.5, 0.6) is 0 Å². The van der Waals surface area contributed by atoms with Crippen LogP contribution in [0.2, 0.25) is 0 Å². The molecule has 0 heterocycles. The van der Waals surface area contributed by atoms with Crippen molar-refractivity contribution in [3.05, 3.63) is 65.5 Å². The second kappa shape index (κ2) is 8.24. The second-order valence-corrected chi connectivity index (χ2v) is 5.75. The smallest absolute Gasteiger partial charge is 0.307 e. The summed E-state index contributed by atoms with van der Waals surface area (Å²) in [5.74, 6) is -1.74. The van der Waals surface area contributed by atoms with Crippen LogP contribution >= 0.6 is 0 Å². The van der Waals surface area contributed by atoms with Crippen LogP contribution in [-0.2, 0) is 22.4 Å². The van der Waals surface area contributed by atoms with Crippen molar-refractivity contribution in [3.8, 4) is 0 Å². The fourth-order valence-electron chi connectivity index (χ4n) is 2.42. The highest BCUT2D eigenvalue weighted by atomic mass is 19.1. The van der Waals surface area contributed by atoms with Gasteiger partial charge < -0.3 is 10.4 Å². The molecule has 1 unspecified atom stereocenters. The summed E-state index contributed by atoms with van der Waals surface area (Å²) in [4.78, 5) is 23.2. The van der Waals surface area contributed by atoms with Gasteiger partial charge in [-0.25, -0.2) is 4.39 Å². The molecule has 0 spiro atoms. The third-order valence-electron chi connectivity index (χ3n) is 3.87.